The van der Waals surface area contributed by atoms with Crippen LogP contribution in [0, 0.1) is 27.3 Å². The fourth-order valence-corrected chi connectivity index (χ4v) is 2.67. The maximum Gasteiger partial charge on any atom is 0.123 e. The van der Waals surface area contributed by atoms with Crippen molar-refractivity contribution in [3.63, 3.8) is 0 Å². The highest BCUT2D eigenvalue weighted by Crippen LogP contribution is 2.35. The van der Waals surface area contributed by atoms with Crippen LogP contribution in [0.1, 0.15) is 11.1 Å². The Bertz CT molecular complexity index is 998. The molecule has 0 aliphatic carbocycles. The third kappa shape index (κ3) is 1.86. The summed E-state index contributed by atoms with van der Waals surface area (Å²) in [6.45, 7) is 0. The van der Waals surface area contributed by atoms with E-state index in [1.54, 1.807) is 6.20 Å². The number of nitriles is 2. The van der Waals surface area contributed by atoms with E-state index in [2.05, 4.69) is 22.1 Å². The van der Waals surface area contributed by atoms with Gasteiger partial charge in [0.1, 0.15) is 28.2 Å². The van der Waals surface area contributed by atoms with Gasteiger partial charge in [0.15, 0.2) is 0 Å². The van der Waals surface area contributed by atoms with Crippen LogP contribution in [0.25, 0.3) is 22.0 Å². The zero-order valence-electron chi connectivity index (χ0n) is 10.8. The van der Waals surface area contributed by atoms with Crippen molar-refractivity contribution in [1.29, 1.82) is 10.5 Å². The van der Waals surface area contributed by atoms with Gasteiger partial charge in [-0.05, 0) is 17.7 Å². The van der Waals surface area contributed by atoms with Gasteiger partial charge in [0.2, 0.25) is 0 Å². The van der Waals surface area contributed by atoms with Crippen molar-refractivity contribution in [2.45, 2.75) is 0 Å². The quantitative estimate of drug-likeness (QED) is 0.598. The van der Waals surface area contributed by atoms with Crippen LogP contribution < -0.4 is 5.73 Å². The highest BCUT2D eigenvalue weighted by Gasteiger charge is 2.18. The van der Waals surface area contributed by atoms with Crippen LogP contribution in [-0.4, -0.2) is 9.97 Å². The largest absolute Gasteiger partial charge is 0.384 e. The molecule has 0 bridgehead atoms. The van der Waals surface area contributed by atoms with Gasteiger partial charge in [-0.25, -0.2) is 0 Å². The van der Waals surface area contributed by atoms with E-state index in [0.717, 1.165) is 16.5 Å². The number of rotatable bonds is 1. The van der Waals surface area contributed by atoms with Crippen LogP contribution in [0.4, 0.5) is 5.82 Å². The fourth-order valence-electron chi connectivity index (χ4n) is 2.42. The second-order valence-corrected chi connectivity index (χ2v) is 4.87. The topological polar surface area (TPSA) is 105 Å². The summed E-state index contributed by atoms with van der Waals surface area (Å²) in [4.78, 5) is 5.80. The summed E-state index contributed by atoms with van der Waals surface area (Å²) in [5.74, 6) is 0.170. The van der Waals surface area contributed by atoms with Gasteiger partial charge in [0.25, 0.3) is 0 Å². The highest BCUT2D eigenvalue weighted by atomic mass is 32.1. The molecule has 2 heterocycles. The number of hydrogen-bond donors (Lipinski definition) is 3. The van der Waals surface area contributed by atoms with Gasteiger partial charge in [0, 0.05) is 22.7 Å². The number of pyridine rings is 1. The predicted octanol–water partition coefficient (Wildman–Crippen LogP) is 3.22. The van der Waals surface area contributed by atoms with Crippen LogP contribution in [0.3, 0.4) is 0 Å². The van der Waals surface area contributed by atoms with E-state index in [-0.39, 0.29) is 21.6 Å². The van der Waals surface area contributed by atoms with Crippen LogP contribution >= 0.6 is 12.2 Å². The molecular formula is C15H9N5S. The molecule has 0 saturated carbocycles. The molecule has 0 aliphatic rings. The third-order valence-corrected chi connectivity index (χ3v) is 3.64. The lowest BCUT2D eigenvalue weighted by Crippen LogP contribution is -2.01. The minimum absolute atomic E-state index is 0.170. The number of anilines is 1. The number of H-pyrrole nitrogens is 2. The number of fused-ring (bicyclic) bond motifs is 1. The van der Waals surface area contributed by atoms with Crippen LogP contribution in [-0.2, 0) is 0 Å². The number of nitrogen functional groups attached to an aromatic ring is 1. The summed E-state index contributed by atoms with van der Waals surface area (Å²) in [7, 11) is 0. The van der Waals surface area contributed by atoms with Crippen molar-refractivity contribution in [2.24, 2.45) is 0 Å². The molecular weight excluding hydrogens is 282 g/mol. The molecule has 2 aromatic heterocycles. The molecule has 0 radical (unpaired) electrons. The fraction of sp³-hybridized carbons (Fsp3) is 0. The van der Waals surface area contributed by atoms with Crippen LogP contribution in [0.15, 0.2) is 30.5 Å². The first-order valence-corrected chi connectivity index (χ1v) is 6.50. The Hall–Kier alpha value is -3.09. The summed E-state index contributed by atoms with van der Waals surface area (Å²) >= 11 is 5.16. The van der Waals surface area contributed by atoms with Gasteiger partial charge in [-0.3, -0.25) is 0 Å². The molecule has 100 valence electrons. The van der Waals surface area contributed by atoms with Crippen LogP contribution in [0.2, 0.25) is 0 Å². The summed E-state index contributed by atoms with van der Waals surface area (Å²) in [5.41, 5.74) is 8.49. The Balaban J connectivity index is 2.54. The lowest BCUT2D eigenvalue weighted by Gasteiger charge is -2.10. The standard InChI is InChI=1S/C15H9N5S/c16-6-10-13(11(7-17)15(21)20-14(10)18)9-2-1-3-12-8(9)4-5-19-12/h1-5,19H,(H3,18,20,21). The average Bonchev–Trinajstić information content (AvgIpc) is 2.95. The summed E-state index contributed by atoms with van der Waals surface area (Å²) in [5, 5.41) is 19.7. The van der Waals surface area contributed by atoms with Gasteiger partial charge >= 0.3 is 0 Å². The Morgan fingerprint density at radius 3 is 2.57 bits per heavy atom. The molecule has 0 amide bonds. The first-order chi connectivity index (χ1) is 10.2. The average molecular weight is 291 g/mol. The van der Waals surface area contributed by atoms with E-state index in [1.165, 1.54) is 0 Å². The number of hydrogen-bond acceptors (Lipinski definition) is 4. The summed E-state index contributed by atoms with van der Waals surface area (Å²) in [6.07, 6.45) is 1.80. The van der Waals surface area contributed by atoms with Crippen molar-refractivity contribution in [3.05, 3.63) is 46.2 Å². The molecule has 3 aromatic rings. The molecule has 21 heavy (non-hydrogen) atoms. The Morgan fingerprint density at radius 2 is 1.86 bits per heavy atom. The van der Waals surface area contributed by atoms with Gasteiger partial charge in [-0.15, -0.1) is 0 Å². The summed E-state index contributed by atoms with van der Waals surface area (Å²) in [6, 6.07) is 11.6. The zero-order valence-corrected chi connectivity index (χ0v) is 11.6. The smallest absolute Gasteiger partial charge is 0.123 e. The monoisotopic (exact) mass is 291 g/mol. The minimum Gasteiger partial charge on any atom is -0.384 e. The van der Waals surface area contributed by atoms with Crippen molar-refractivity contribution in [2.75, 3.05) is 5.73 Å². The van der Waals surface area contributed by atoms with Gasteiger partial charge in [0.05, 0.1) is 5.56 Å². The predicted molar refractivity (Wildman–Crippen MR) is 82.8 cm³/mol. The SMILES string of the molecule is N#Cc1c(N)[nH]c(=S)c(C#N)c1-c1cccc2[nH]ccc12. The molecule has 0 fully saturated rings. The van der Waals surface area contributed by atoms with E-state index in [1.807, 2.05) is 24.3 Å². The Kier molecular flexibility index (Phi) is 2.94. The molecule has 0 spiro atoms. The molecule has 0 saturated heterocycles. The lowest BCUT2D eigenvalue weighted by atomic mass is 9.94. The Labute approximate surface area is 125 Å². The number of aromatic amines is 2. The van der Waals surface area contributed by atoms with E-state index < -0.39 is 0 Å². The molecule has 0 atom stereocenters. The third-order valence-electron chi connectivity index (χ3n) is 3.33. The normalized spacial score (nSPS) is 10.2. The molecule has 1 aromatic carbocycles. The number of nitrogens with two attached hydrogens (primary N) is 1. The first kappa shape index (κ1) is 12.9. The van der Waals surface area contributed by atoms with Crippen molar-refractivity contribution >= 4 is 28.9 Å². The summed E-state index contributed by atoms with van der Waals surface area (Å²) < 4.78 is 0.233. The van der Waals surface area contributed by atoms with Gasteiger partial charge in [-0.2, -0.15) is 10.5 Å². The first-order valence-electron chi connectivity index (χ1n) is 6.09. The van der Waals surface area contributed by atoms with Gasteiger partial charge in [-0.1, -0.05) is 24.4 Å². The highest BCUT2D eigenvalue weighted by molar-refractivity contribution is 7.71. The van der Waals surface area contributed by atoms with Crippen molar-refractivity contribution in [1.82, 2.24) is 9.97 Å². The van der Waals surface area contributed by atoms with Crippen molar-refractivity contribution in [3.8, 4) is 23.3 Å². The molecule has 0 aliphatic heterocycles. The molecule has 5 nitrogen and oxygen atoms in total. The number of nitrogens with one attached hydrogen (secondary N) is 2. The van der Waals surface area contributed by atoms with E-state index in [9.17, 15) is 10.5 Å². The molecule has 4 N–H and O–H groups in total. The number of aromatic nitrogens is 2. The molecule has 0 unspecified atom stereocenters. The molecule has 3 rings (SSSR count). The minimum atomic E-state index is 0.170. The van der Waals surface area contributed by atoms with Crippen LogP contribution in [0.5, 0.6) is 0 Å². The zero-order chi connectivity index (χ0) is 15.0. The van der Waals surface area contributed by atoms with E-state index in [4.69, 9.17) is 18.0 Å². The lowest BCUT2D eigenvalue weighted by molar-refractivity contribution is 1.26. The maximum atomic E-state index is 9.40. The van der Waals surface area contributed by atoms with E-state index >= 15 is 0 Å². The number of nitrogens with zero attached hydrogens (tertiary/aromatic N) is 2. The Morgan fingerprint density at radius 1 is 1.10 bits per heavy atom. The van der Waals surface area contributed by atoms with Gasteiger partial charge < -0.3 is 15.7 Å². The second-order valence-electron chi connectivity index (χ2n) is 4.46. The number of benzene rings is 1. The van der Waals surface area contributed by atoms with E-state index in [0.29, 0.717) is 5.56 Å². The molecule has 6 heteroatoms. The second kappa shape index (κ2) is 4.78. The van der Waals surface area contributed by atoms with Crippen molar-refractivity contribution < 1.29 is 0 Å². The maximum absolute atomic E-state index is 9.40.